The molecule has 0 heterocycles. The zero-order valence-electron chi connectivity index (χ0n) is 15.1. The zero-order valence-corrected chi connectivity index (χ0v) is 15.1. The number of amides is 1. The highest BCUT2D eigenvalue weighted by Gasteiger charge is 2.28. The lowest BCUT2D eigenvalue weighted by molar-refractivity contribution is 0.0488. The molecule has 0 spiro atoms. The maximum Gasteiger partial charge on any atom is 0.407 e. The van der Waals surface area contributed by atoms with Crippen molar-refractivity contribution in [2.75, 3.05) is 6.54 Å². The normalized spacial score (nSPS) is 26.2. The van der Waals surface area contributed by atoms with Gasteiger partial charge in [-0.1, -0.05) is 24.3 Å². The molecule has 1 aromatic carbocycles. The molecule has 0 saturated heterocycles. The summed E-state index contributed by atoms with van der Waals surface area (Å²) in [4.78, 5) is 11.9. The van der Waals surface area contributed by atoms with E-state index < -0.39 is 5.60 Å². The predicted molar refractivity (Wildman–Crippen MR) is 96.3 cm³/mol. The highest BCUT2D eigenvalue weighted by Crippen LogP contribution is 2.34. The Hall–Kier alpha value is -1.55. The van der Waals surface area contributed by atoms with Crippen LogP contribution in [0.2, 0.25) is 0 Å². The maximum atomic E-state index is 11.9. The largest absolute Gasteiger partial charge is 0.444 e. The fourth-order valence-corrected chi connectivity index (χ4v) is 3.83. The molecule has 1 saturated carbocycles. The van der Waals surface area contributed by atoms with Gasteiger partial charge in [-0.15, -0.1) is 0 Å². The van der Waals surface area contributed by atoms with Crippen LogP contribution in [-0.2, 0) is 11.2 Å². The summed E-state index contributed by atoms with van der Waals surface area (Å²) in [6.07, 6.45) is 5.29. The van der Waals surface area contributed by atoms with Crippen molar-refractivity contribution in [1.82, 2.24) is 10.6 Å². The number of nitrogens with one attached hydrogen (secondary N) is 2. The van der Waals surface area contributed by atoms with Gasteiger partial charge in [0.25, 0.3) is 0 Å². The number of benzene rings is 1. The highest BCUT2D eigenvalue weighted by molar-refractivity contribution is 5.68. The quantitative estimate of drug-likeness (QED) is 0.884. The summed E-state index contributed by atoms with van der Waals surface area (Å²) < 4.78 is 5.37. The SMILES string of the molecule is CC(C)(C)OC(=O)NC1CCCC(NCC2Cc3ccccc32)C1. The Labute approximate surface area is 145 Å². The van der Waals surface area contributed by atoms with E-state index in [-0.39, 0.29) is 12.1 Å². The molecule has 2 N–H and O–H groups in total. The second-order valence-electron chi connectivity index (χ2n) is 8.21. The lowest BCUT2D eigenvalue weighted by Gasteiger charge is -2.35. The molecule has 2 aliphatic rings. The van der Waals surface area contributed by atoms with Crippen LogP contribution in [0, 0.1) is 0 Å². The Bertz CT molecular complexity index is 579. The molecule has 3 atom stereocenters. The molecule has 2 aliphatic carbocycles. The fourth-order valence-electron chi connectivity index (χ4n) is 3.83. The van der Waals surface area contributed by atoms with Crippen molar-refractivity contribution < 1.29 is 9.53 Å². The molecule has 0 radical (unpaired) electrons. The van der Waals surface area contributed by atoms with E-state index in [2.05, 4.69) is 34.9 Å². The van der Waals surface area contributed by atoms with Crippen molar-refractivity contribution in [1.29, 1.82) is 0 Å². The Balaban J connectivity index is 1.42. The summed E-state index contributed by atoms with van der Waals surface area (Å²) in [5.74, 6) is 0.653. The summed E-state index contributed by atoms with van der Waals surface area (Å²) >= 11 is 0. The van der Waals surface area contributed by atoms with Crippen LogP contribution in [0.5, 0.6) is 0 Å². The molecule has 3 unspecified atom stereocenters. The van der Waals surface area contributed by atoms with Crippen LogP contribution in [0.15, 0.2) is 24.3 Å². The van der Waals surface area contributed by atoms with E-state index >= 15 is 0 Å². The minimum atomic E-state index is -0.436. The number of hydrogen-bond acceptors (Lipinski definition) is 3. The van der Waals surface area contributed by atoms with Gasteiger partial charge in [0.1, 0.15) is 5.60 Å². The Morgan fingerprint density at radius 1 is 1.21 bits per heavy atom. The van der Waals surface area contributed by atoms with Gasteiger partial charge in [-0.3, -0.25) is 0 Å². The molecular weight excluding hydrogens is 300 g/mol. The Kier molecular flexibility index (Phi) is 5.14. The van der Waals surface area contributed by atoms with Gasteiger partial charge in [-0.2, -0.15) is 0 Å². The third-order valence-electron chi connectivity index (χ3n) is 5.01. The van der Waals surface area contributed by atoms with E-state index in [4.69, 9.17) is 4.74 Å². The van der Waals surface area contributed by atoms with Crippen molar-refractivity contribution in [3.63, 3.8) is 0 Å². The number of rotatable bonds is 4. The van der Waals surface area contributed by atoms with Gasteiger partial charge in [0, 0.05) is 24.5 Å². The van der Waals surface area contributed by atoms with Crippen molar-refractivity contribution in [2.45, 2.75) is 76.5 Å². The second kappa shape index (κ2) is 7.14. The van der Waals surface area contributed by atoms with Crippen LogP contribution in [0.3, 0.4) is 0 Å². The van der Waals surface area contributed by atoms with Gasteiger partial charge in [-0.05, 0) is 64.0 Å². The first-order chi connectivity index (χ1) is 11.4. The average molecular weight is 330 g/mol. The standard InChI is InChI=1S/C20H30N2O2/c1-20(2,3)24-19(23)22-17-9-6-8-16(12-17)21-13-15-11-14-7-4-5-10-18(14)15/h4-5,7,10,15-17,21H,6,8-9,11-13H2,1-3H3,(H,22,23). The zero-order chi connectivity index (χ0) is 17.2. The third-order valence-corrected chi connectivity index (χ3v) is 5.01. The third kappa shape index (κ3) is 4.50. The molecule has 3 rings (SSSR count). The van der Waals surface area contributed by atoms with Crippen LogP contribution in [0.25, 0.3) is 0 Å². The van der Waals surface area contributed by atoms with E-state index in [1.165, 1.54) is 24.0 Å². The topological polar surface area (TPSA) is 50.4 Å². The first kappa shape index (κ1) is 17.3. The summed E-state index contributed by atoms with van der Waals surface area (Å²) in [7, 11) is 0. The highest BCUT2D eigenvalue weighted by atomic mass is 16.6. The van der Waals surface area contributed by atoms with E-state index in [0.29, 0.717) is 12.0 Å². The first-order valence-electron chi connectivity index (χ1n) is 9.21. The van der Waals surface area contributed by atoms with Gasteiger partial charge in [0.2, 0.25) is 0 Å². The molecule has 132 valence electrons. The van der Waals surface area contributed by atoms with Crippen LogP contribution in [-0.4, -0.2) is 30.3 Å². The fraction of sp³-hybridized carbons (Fsp3) is 0.650. The summed E-state index contributed by atoms with van der Waals surface area (Å²) in [5, 5.41) is 6.76. The second-order valence-corrected chi connectivity index (χ2v) is 8.21. The number of alkyl carbamates (subject to hydrolysis) is 1. The molecule has 0 bridgehead atoms. The van der Waals surface area contributed by atoms with Crippen molar-refractivity contribution in [3.05, 3.63) is 35.4 Å². The number of carbonyl (C=O) groups is 1. The van der Waals surface area contributed by atoms with Crippen LogP contribution < -0.4 is 10.6 Å². The van der Waals surface area contributed by atoms with Crippen molar-refractivity contribution in [3.8, 4) is 0 Å². The van der Waals surface area contributed by atoms with Crippen LogP contribution in [0.4, 0.5) is 4.79 Å². The lowest BCUT2D eigenvalue weighted by atomic mass is 9.77. The van der Waals surface area contributed by atoms with E-state index in [1.807, 2.05) is 20.8 Å². The smallest absolute Gasteiger partial charge is 0.407 e. The van der Waals surface area contributed by atoms with Crippen LogP contribution >= 0.6 is 0 Å². The number of ether oxygens (including phenoxy) is 1. The van der Waals surface area contributed by atoms with Gasteiger partial charge in [-0.25, -0.2) is 4.79 Å². The van der Waals surface area contributed by atoms with Gasteiger partial charge in [0.05, 0.1) is 0 Å². The molecule has 1 amide bonds. The van der Waals surface area contributed by atoms with Gasteiger partial charge in [0.15, 0.2) is 0 Å². The molecule has 0 aliphatic heterocycles. The number of fused-ring (bicyclic) bond motifs is 1. The molecule has 4 nitrogen and oxygen atoms in total. The molecule has 4 heteroatoms. The summed E-state index contributed by atoms with van der Waals surface area (Å²) in [6.45, 7) is 6.73. The van der Waals surface area contributed by atoms with Crippen LogP contribution in [0.1, 0.15) is 63.5 Å². The average Bonchev–Trinajstić information content (AvgIpc) is 2.46. The van der Waals surface area contributed by atoms with Crippen molar-refractivity contribution >= 4 is 6.09 Å². The molecule has 0 aromatic heterocycles. The summed E-state index contributed by atoms with van der Waals surface area (Å²) in [6, 6.07) is 9.45. The molecule has 24 heavy (non-hydrogen) atoms. The lowest BCUT2D eigenvalue weighted by Crippen LogP contribution is -2.46. The monoisotopic (exact) mass is 330 g/mol. The van der Waals surface area contributed by atoms with Gasteiger partial charge >= 0.3 is 6.09 Å². The minimum Gasteiger partial charge on any atom is -0.444 e. The van der Waals surface area contributed by atoms with Gasteiger partial charge < -0.3 is 15.4 Å². The number of hydrogen-bond donors (Lipinski definition) is 2. The molecule has 1 fully saturated rings. The van der Waals surface area contributed by atoms with E-state index in [0.717, 1.165) is 25.8 Å². The van der Waals surface area contributed by atoms with E-state index in [9.17, 15) is 4.79 Å². The minimum absolute atomic E-state index is 0.222. The number of carbonyl (C=O) groups excluding carboxylic acids is 1. The van der Waals surface area contributed by atoms with Crippen molar-refractivity contribution in [2.24, 2.45) is 0 Å². The van der Waals surface area contributed by atoms with E-state index in [1.54, 1.807) is 0 Å². The summed E-state index contributed by atoms with van der Waals surface area (Å²) in [5.41, 5.74) is 2.57. The Morgan fingerprint density at radius 2 is 1.96 bits per heavy atom. The predicted octanol–water partition coefficient (Wildman–Crippen LogP) is 3.75. The molecular formula is C20H30N2O2. The molecule has 1 aromatic rings. The first-order valence-corrected chi connectivity index (χ1v) is 9.21. The Morgan fingerprint density at radius 3 is 2.71 bits per heavy atom. The maximum absolute atomic E-state index is 11.9.